The summed E-state index contributed by atoms with van der Waals surface area (Å²) in [5, 5.41) is 8.49. The van der Waals surface area contributed by atoms with E-state index in [-0.39, 0.29) is 12.5 Å². The molecule has 1 amide bonds. The Morgan fingerprint density at radius 1 is 1.24 bits per heavy atom. The molecule has 0 aliphatic carbocycles. The van der Waals surface area contributed by atoms with Gasteiger partial charge in [-0.2, -0.15) is 5.10 Å². The van der Waals surface area contributed by atoms with Crippen molar-refractivity contribution in [1.82, 2.24) is 20.1 Å². The molecule has 1 N–H and O–H groups in total. The Kier molecular flexibility index (Phi) is 4.83. The van der Waals surface area contributed by atoms with Crippen LogP contribution in [0.2, 0.25) is 0 Å². The van der Waals surface area contributed by atoms with Gasteiger partial charge in [0.05, 0.1) is 5.69 Å². The van der Waals surface area contributed by atoms with Crippen LogP contribution >= 0.6 is 0 Å². The zero-order valence-corrected chi connectivity index (χ0v) is 15.2. The molecule has 0 spiro atoms. The van der Waals surface area contributed by atoms with E-state index in [0.29, 0.717) is 12.5 Å². The maximum absolute atomic E-state index is 12.2. The lowest BCUT2D eigenvalue weighted by atomic mass is 10.0. The Labute approximate surface area is 148 Å². The van der Waals surface area contributed by atoms with Crippen LogP contribution in [0.15, 0.2) is 36.5 Å². The van der Waals surface area contributed by atoms with Crippen LogP contribution in [-0.2, 0) is 11.3 Å². The van der Waals surface area contributed by atoms with Crippen LogP contribution in [0, 0.1) is 19.8 Å². The summed E-state index contributed by atoms with van der Waals surface area (Å²) < 4.78 is 1.69. The number of amides is 1. The Hall–Kier alpha value is -2.69. The van der Waals surface area contributed by atoms with Crippen molar-refractivity contribution >= 4 is 16.9 Å². The fourth-order valence-corrected chi connectivity index (χ4v) is 2.95. The highest BCUT2D eigenvalue weighted by Gasteiger charge is 2.16. The maximum atomic E-state index is 12.2. The molecule has 0 atom stereocenters. The van der Waals surface area contributed by atoms with Gasteiger partial charge in [-0.15, -0.1) is 0 Å². The van der Waals surface area contributed by atoms with Crippen molar-refractivity contribution in [1.29, 1.82) is 0 Å². The second-order valence-corrected chi connectivity index (χ2v) is 6.87. The normalized spacial score (nSPS) is 11.2. The van der Waals surface area contributed by atoms with Crippen molar-refractivity contribution in [2.45, 2.75) is 34.2 Å². The van der Waals surface area contributed by atoms with E-state index in [0.717, 1.165) is 27.9 Å². The van der Waals surface area contributed by atoms with Crippen molar-refractivity contribution in [3.63, 3.8) is 0 Å². The van der Waals surface area contributed by atoms with Crippen LogP contribution in [0.5, 0.6) is 0 Å². The second-order valence-electron chi connectivity index (χ2n) is 6.87. The SMILES string of the molecule is Cc1cccc(-c2ccnc3c2c(C)nn3CC(=O)NCC(C)C)c1. The number of hydrogen-bond donors (Lipinski definition) is 1. The molecule has 3 aromatic rings. The lowest BCUT2D eigenvalue weighted by molar-refractivity contribution is -0.121. The summed E-state index contributed by atoms with van der Waals surface area (Å²) in [4.78, 5) is 16.6. The third-order valence-corrected chi connectivity index (χ3v) is 4.14. The summed E-state index contributed by atoms with van der Waals surface area (Å²) in [6.07, 6.45) is 1.78. The van der Waals surface area contributed by atoms with Crippen LogP contribution in [0.4, 0.5) is 0 Å². The number of aryl methyl sites for hydroxylation is 2. The summed E-state index contributed by atoms with van der Waals surface area (Å²) in [5.41, 5.74) is 5.08. The molecular weight excluding hydrogens is 312 g/mol. The molecule has 2 aromatic heterocycles. The molecule has 25 heavy (non-hydrogen) atoms. The molecule has 0 aliphatic rings. The molecule has 5 nitrogen and oxygen atoms in total. The predicted molar refractivity (Wildman–Crippen MR) is 100 cm³/mol. The minimum Gasteiger partial charge on any atom is -0.354 e. The fourth-order valence-electron chi connectivity index (χ4n) is 2.95. The van der Waals surface area contributed by atoms with E-state index in [9.17, 15) is 4.79 Å². The number of fused-ring (bicyclic) bond motifs is 1. The van der Waals surface area contributed by atoms with Crippen molar-refractivity contribution in [2.24, 2.45) is 5.92 Å². The van der Waals surface area contributed by atoms with Crippen LogP contribution in [0.25, 0.3) is 22.2 Å². The number of nitrogens with zero attached hydrogens (tertiary/aromatic N) is 3. The number of nitrogens with one attached hydrogen (secondary N) is 1. The van der Waals surface area contributed by atoms with Gasteiger partial charge in [0.25, 0.3) is 0 Å². The van der Waals surface area contributed by atoms with Gasteiger partial charge in [0.1, 0.15) is 6.54 Å². The summed E-state index contributed by atoms with van der Waals surface area (Å²) in [5.74, 6) is 0.381. The zero-order chi connectivity index (χ0) is 18.0. The van der Waals surface area contributed by atoms with Crippen molar-refractivity contribution < 1.29 is 4.79 Å². The second kappa shape index (κ2) is 7.05. The van der Waals surface area contributed by atoms with Crippen molar-refractivity contribution in [3.05, 3.63) is 47.8 Å². The average molecular weight is 336 g/mol. The summed E-state index contributed by atoms with van der Waals surface area (Å²) >= 11 is 0. The Balaban J connectivity index is 1.98. The zero-order valence-electron chi connectivity index (χ0n) is 15.2. The molecule has 3 rings (SSSR count). The van der Waals surface area contributed by atoms with Gasteiger partial charge in [-0.1, -0.05) is 43.7 Å². The molecule has 0 fully saturated rings. The molecule has 1 aromatic carbocycles. The summed E-state index contributed by atoms with van der Waals surface area (Å²) in [7, 11) is 0. The van der Waals surface area contributed by atoms with E-state index < -0.39 is 0 Å². The first-order valence-electron chi connectivity index (χ1n) is 8.61. The van der Waals surface area contributed by atoms with Gasteiger partial charge in [-0.05, 0) is 37.0 Å². The van der Waals surface area contributed by atoms with Gasteiger partial charge in [-0.25, -0.2) is 9.67 Å². The van der Waals surface area contributed by atoms with E-state index in [1.165, 1.54) is 5.56 Å². The van der Waals surface area contributed by atoms with Crippen LogP contribution in [0.1, 0.15) is 25.1 Å². The molecule has 0 radical (unpaired) electrons. The molecule has 2 heterocycles. The summed E-state index contributed by atoms with van der Waals surface area (Å²) in [6.45, 7) is 9.04. The van der Waals surface area contributed by atoms with Gasteiger partial charge in [0.2, 0.25) is 5.91 Å². The Morgan fingerprint density at radius 2 is 2.04 bits per heavy atom. The number of pyridine rings is 1. The van der Waals surface area contributed by atoms with Crippen LogP contribution in [0.3, 0.4) is 0 Å². The molecule has 0 bridgehead atoms. The smallest absolute Gasteiger partial charge is 0.241 e. The lowest BCUT2D eigenvalue weighted by Gasteiger charge is -2.08. The van der Waals surface area contributed by atoms with Gasteiger partial charge in [0.15, 0.2) is 5.65 Å². The highest BCUT2D eigenvalue weighted by atomic mass is 16.2. The van der Waals surface area contributed by atoms with Crippen LogP contribution < -0.4 is 5.32 Å². The number of hydrogen-bond acceptors (Lipinski definition) is 3. The average Bonchev–Trinajstić information content (AvgIpc) is 2.89. The van der Waals surface area contributed by atoms with Gasteiger partial charge in [0, 0.05) is 18.1 Å². The Bertz CT molecular complexity index is 911. The lowest BCUT2D eigenvalue weighted by Crippen LogP contribution is -2.31. The minimum absolute atomic E-state index is 0.0409. The predicted octanol–water partition coefficient (Wildman–Crippen LogP) is 3.49. The topological polar surface area (TPSA) is 59.8 Å². The summed E-state index contributed by atoms with van der Waals surface area (Å²) in [6, 6.07) is 10.4. The first-order valence-corrected chi connectivity index (χ1v) is 8.61. The molecule has 0 saturated heterocycles. The first-order chi connectivity index (χ1) is 12.0. The van der Waals surface area contributed by atoms with Gasteiger partial charge < -0.3 is 5.32 Å². The maximum Gasteiger partial charge on any atom is 0.241 e. The van der Waals surface area contributed by atoms with Crippen molar-refractivity contribution in [2.75, 3.05) is 6.54 Å². The van der Waals surface area contributed by atoms with Gasteiger partial charge in [-0.3, -0.25) is 4.79 Å². The molecule has 0 aliphatic heterocycles. The van der Waals surface area contributed by atoms with E-state index in [1.54, 1.807) is 10.9 Å². The van der Waals surface area contributed by atoms with E-state index in [2.05, 4.69) is 60.4 Å². The largest absolute Gasteiger partial charge is 0.354 e. The monoisotopic (exact) mass is 336 g/mol. The third-order valence-electron chi connectivity index (χ3n) is 4.14. The molecule has 5 heteroatoms. The van der Waals surface area contributed by atoms with Crippen molar-refractivity contribution in [3.8, 4) is 11.1 Å². The van der Waals surface area contributed by atoms with Crippen LogP contribution in [-0.4, -0.2) is 27.2 Å². The number of rotatable bonds is 5. The number of aromatic nitrogens is 3. The number of carbonyl (C=O) groups excluding carboxylic acids is 1. The molecule has 130 valence electrons. The van der Waals surface area contributed by atoms with E-state index in [4.69, 9.17) is 0 Å². The quantitative estimate of drug-likeness (QED) is 0.776. The first kappa shape index (κ1) is 17.1. The third kappa shape index (κ3) is 3.71. The highest BCUT2D eigenvalue weighted by Crippen LogP contribution is 2.30. The fraction of sp³-hybridized carbons (Fsp3) is 0.350. The molecule has 0 unspecified atom stereocenters. The molecule has 0 saturated carbocycles. The molecular formula is C20H24N4O. The number of benzene rings is 1. The van der Waals surface area contributed by atoms with Gasteiger partial charge >= 0.3 is 0 Å². The van der Waals surface area contributed by atoms with E-state index >= 15 is 0 Å². The Morgan fingerprint density at radius 3 is 2.76 bits per heavy atom. The van der Waals surface area contributed by atoms with E-state index in [1.807, 2.05) is 13.0 Å². The standard InChI is InChI=1S/C20H24N4O/c1-13(2)11-22-18(25)12-24-20-19(15(4)23-24)17(8-9-21-20)16-7-5-6-14(3)10-16/h5-10,13H,11-12H2,1-4H3,(H,22,25). The number of carbonyl (C=O) groups is 1. The minimum atomic E-state index is -0.0409. The highest BCUT2D eigenvalue weighted by molar-refractivity contribution is 5.95.